The first-order valence-electron chi connectivity index (χ1n) is 10.0. The number of carbonyl (C=O) groups excluding carboxylic acids is 1. The third-order valence-electron chi connectivity index (χ3n) is 5.50. The first-order chi connectivity index (χ1) is 14.6. The maximum atomic E-state index is 13.8. The Morgan fingerprint density at radius 2 is 2.10 bits per heavy atom. The smallest absolute Gasteiger partial charge is 0.224 e. The van der Waals surface area contributed by atoms with Gasteiger partial charge in [-0.1, -0.05) is 6.07 Å². The number of aromatic nitrogens is 4. The molecule has 0 unspecified atom stereocenters. The van der Waals surface area contributed by atoms with E-state index in [1.165, 1.54) is 19.5 Å². The van der Waals surface area contributed by atoms with Crippen molar-refractivity contribution in [1.29, 1.82) is 0 Å². The molecule has 1 aliphatic carbocycles. The number of ether oxygens (including phenoxy) is 1. The van der Waals surface area contributed by atoms with Crippen LogP contribution >= 0.6 is 0 Å². The average molecular weight is 409 g/mol. The second-order valence-electron chi connectivity index (χ2n) is 7.52. The van der Waals surface area contributed by atoms with Crippen LogP contribution in [0.15, 0.2) is 49.2 Å². The molecule has 1 aromatic carbocycles. The van der Waals surface area contributed by atoms with Crippen LogP contribution in [0.4, 0.5) is 4.39 Å². The van der Waals surface area contributed by atoms with Crippen LogP contribution in [0.2, 0.25) is 0 Å². The van der Waals surface area contributed by atoms with Crippen molar-refractivity contribution < 1.29 is 13.9 Å². The molecule has 1 aliphatic rings. The fourth-order valence-corrected chi connectivity index (χ4v) is 3.90. The van der Waals surface area contributed by atoms with E-state index in [0.29, 0.717) is 11.6 Å². The Bertz CT molecular complexity index is 1000. The monoisotopic (exact) mass is 409 g/mol. The van der Waals surface area contributed by atoms with E-state index in [1.807, 2.05) is 23.1 Å². The molecule has 0 atom stereocenters. The number of benzene rings is 1. The van der Waals surface area contributed by atoms with E-state index in [1.54, 1.807) is 18.3 Å². The SMILES string of the molecule is COc1ccc(CC(=O)NC2CCC(n3cc(-c4ccncn4)cn3)CC2)cc1F. The Morgan fingerprint density at radius 1 is 1.27 bits per heavy atom. The average Bonchev–Trinajstić information content (AvgIpc) is 3.25. The van der Waals surface area contributed by atoms with Gasteiger partial charge in [0.15, 0.2) is 11.6 Å². The zero-order valence-electron chi connectivity index (χ0n) is 16.8. The number of halogens is 1. The molecule has 1 fully saturated rings. The lowest BCUT2D eigenvalue weighted by atomic mass is 9.91. The highest BCUT2D eigenvalue weighted by atomic mass is 19.1. The molecule has 8 heteroatoms. The molecular weight excluding hydrogens is 385 g/mol. The van der Waals surface area contributed by atoms with Crippen molar-refractivity contribution >= 4 is 5.91 Å². The highest BCUT2D eigenvalue weighted by Crippen LogP contribution is 2.29. The quantitative estimate of drug-likeness (QED) is 0.675. The lowest BCUT2D eigenvalue weighted by Gasteiger charge is -2.29. The highest BCUT2D eigenvalue weighted by Gasteiger charge is 2.24. The lowest BCUT2D eigenvalue weighted by Crippen LogP contribution is -2.38. The van der Waals surface area contributed by atoms with Gasteiger partial charge in [0.1, 0.15) is 6.33 Å². The minimum Gasteiger partial charge on any atom is -0.494 e. The van der Waals surface area contributed by atoms with Gasteiger partial charge in [-0.15, -0.1) is 0 Å². The Balaban J connectivity index is 1.28. The normalized spacial score (nSPS) is 18.7. The van der Waals surface area contributed by atoms with Crippen LogP contribution in [0.5, 0.6) is 5.75 Å². The zero-order chi connectivity index (χ0) is 20.9. The Hall–Kier alpha value is -3.29. The number of hydrogen-bond acceptors (Lipinski definition) is 5. The molecule has 0 saturated heterocycles. The second kappa shape index (κ2) is 9.02. The molecule has 0 aliphatic heterocycles. The van der Waals surface area contributed by atoms with Gasteiger partial charge in [-0.25, -0.2) is 14.4 Å². The summed E-state index contributed by atoms with van der Waals surface area (Å²) in [7, 11) is 1.42. The molecule has 0 bridgehead atoms. The van der Waals surface area contributed by atoms with E-state index in [2.05, 4.69) is 20.4 Å². The molecule has 1 saturated carbocycles. The minimum atomic E-state index is -0.455. The summed E-state index contributed by atoms with van der Waals surface area (Å²) in [6.45, 7) is 0. The number of methoxy groups -OCH3 is 1. The molecule has 0 spiro atoms. The fourth-order valence-electron chi connectivity index (χ4n) is 3.90. The van der Waals surface area contributed by atoms with Crippen molar-refractivity contribution in [1.82, 2.24) is 25.1 Å². The second-order valence-corrected chi connectivity index (χ2v) is 7.52. The first-order valence-corrected chi connectivity index (χ1v) is 10.0. The summed E-state index contributed by atoms with van der Waals surface area (Å²) in [6, 6.07) is 6.91. The van der Waals surface area contributed by atoms with Gasteiger partial charge in [0.05, 0.1) is 31.5 Å². The molecule has 2 heterocycles. The number of carbonyl (C=O) groups is 1. The van der Waals surface area contributed by atoms with Crippen LogP contribution in [0, 0.1) is 5.82 Å². The van der Waals surface area contributed by atoms with Gasteiger partial charge in [-0.05, 0) is 49.4 Å². The molecular formula is C22H24FN5O2. The van der Waals surface area contributed by atoms with Gasteiger partial charge in [0, 0.05) is 24.0 Å². The highest BCUT2D eigenvalue weighted by molar-refractivity contribution is 5.78. The third kappa shape index (κ3) is 4.64. The minimum absolute atomic E-state index is 0.0897. The third-order valence-corrected chi connectivity index (χ3v) is 5.50. The molecule has 4 rings (SSSR count). The molecule has 156 valence electrons. The number of amides is 1. The summed E-state index contributed by atoms with van der Waals surface area (Å²) in [5, 5.41) is 7.58. The zero-order valence-corrected chi connectivity index (χ0v) is 16.8. The van der Waals surface area contributed by atoms with Gasteiger partial charge < -0.3 is 10.1 Å². The van der Waals surface area contributed by atoms with Gasteiger partial charge in [-0.3, -0.25) is 9.48 Å². The maximum absolute atomic E-state index is 13.8. The number of hydrogen-bond donors (Lipinski definition) is 1. The van der Waals surface area contributed by atoms with E-state index in [-0.39, 0.29) is 24.1 Å². The summed E-state index contributed by atoms with van der Waals surface area (Å²) in [4.78, 5) is 20.6. The van der Waals surface area contributed by atoms with E-state index >= 15 is 0 Å². The fraction of sp³-hybridized carbons (Fsp3) is 0.364. The summed E-state index contributed by atoms with van der Waals surface area (Å²) in [5.74, 6) is -0.365. The predicted molar refractivity (Wildman–Crippen MR) is 109 cm³/mol. The van der Waals surface area contributed by atoms with E-state index in [9.17, 15) is 9.18 Å². The summed E-state index contributed by atoms with van der Waals surface area (Å²) in [5.41, 5.74) is 2.46. The first kappa shape index (κ1) is 20.0. The van der Waals surface area contributed by atoms with Gasteiger partial charge in [-0.2, -0.15) is 5.10 Å². The van der Waals surface area contributed by atoms with Gasteiger partial charge in [0.25, 0.3) is 0 Å². The Morgan fingerprint density at radius 3 is 2.80 bits per heavy atom. The van der Waals surface area contributed by atoms with Crippen LogP contribution in [-0.4, -0.2) is 38.8 Å². The van der Waals surface area contributed by atoms with Crippen molar-refractivity contribution in [2.24, 2.45) is 0 Å². The van der Waals surface area contributed by atoms with Gasteiger partial charge in [0.2, 0.25) is 5.91 Å². The molecule has 2 aromatic heterocycles. The maximum Gasteiger partial charge on any atom is 0.224 e. The molecule has 7 nitrogen and oxygen atoms in total. The number of nitrogens with one attached hydrogen (secondary N) is 1. The lowest BCUT2D eigenvalue weighted by molar-refractivity contribution is -0.121. The van der Waals surface area contributed by atoms with Crippen molar-refractivity contribution in [2.45, 2.75) is 44.2 Å². The van der Waals surface area contributed by atoms with Crippen LogP contribution in [0.25, 0.3) is 11.3 Å². The van der Waals surface area contributed by atoms with Crippen molar-refractivity contribution in [3.05, 3.63) is 60.6 Å². The van der Waals surface area contributed by atoms with Crippen molar-refractivity contribution in [3.63, 3.8) is 0 Å². The molecule has 1 N–H and O–H groups in total. The van der Waals surface area contributed by atoms with Crippen molar-refractivity contribution in [2.75, 3.05) is 7.11 Å². The van der Waals surface area contributed by atoms with E-state index in [4.69, 9.17) is 4.74 Å². The molecule has 3 aromatic rings. The molecule has 30 heavy (non-hydrogen) atoms. The Kier molecular flexibility index (Phi) is 6.02. The van der Waals surface area contributed by atoms with E-state index in [0.717, 1.165) is 36.9 Å². The van der Waals surface area contributed by atoms with Crippen LogP contribution in [0.3, 0.4) is 0 Å². The summed E-state index contributed by atoms with van der Waals surface area (Å²) >= 11 is 0. The number of rotatable bonds is 6. The largest absolute Gasteiger partial charge is 0.494 e. The van der Waals surface area contributed by atoms with Crippen molar-refractivity contribution in [3.8, 4) is 17.0 Å². The predicted octanol–water partition coefficient (Wildman–Crippen LogP) is 3.33. The Labute approximate surface area is 174 Å². The topological polar surface area (TPSA) is 81.9 Å². The van der Waals surface area contributed by atoms with E-state index < -0.39 is 5.82 Å². The molecule has 0 radical (unpaired) electrons. The number of nitrogens with zero attached hydrogens (tertiary/aromatic N) is 4. The standard InChI is InChI=1S/C22H24FN5O2/c1-30-21-7-2-15(10-19(21)23)11-22(29)27-17-3-5-18(6-4-17)28-13-16(12-26-28)20-8-9-24-14-25-20/h2,7-10,12-14,17-18H,3-6,11H2,1H3,(H,27,29). The summed E-state index contributed by atoms with van der Waals surface area (Å²) < 4.78 is 20.7. The van der Waals surface area contributed by atoms with Gasteiger partial charge >= 0.3 is 0 Å². The van der Waals surface area contributed by atoms with Crippen LogP contribution in [0.1, 0.15) is 37.3 Å². The summed E-state index contributed by atoms with van der Waals surface area (Å²) in [6.07, 6.45) is 10.9. The molecule has 1 amide bonds. The van der Waals surface area contributed by atoms with Crippen LogP contribution in [-0.2, 0) is 11.2 Å². The van der Waals surface area contributed by atoms with Crippen LogP contribution < -0.4 is 10.1 Å².